The normalized spacial score (nSPS) is 12.4. The van der Waals surface area contributed by atoms with Crippen LogP contribution in [0, 0.1) is 0 Å². The van der Waals surface area contributed by atoms with Gasteiger partial charge in [-0.15, -0.1) is 5.10 Å². The smallest absolute Gasteiger partial charge is 0.322 e. The molecule has 1 atom stereocenters. The first-order valence-electron chi connectivity index (χ1n) is 5.74. The second-order valence-electron chi connectivity index (χ2n) is 3.93. The molecule has 0 saturated heterocycles. The minimum Gasteiger partial charge on any atom is -0.424 e. The van der Waals surface area contributed by atoms with E-state index in [9.17, 15) is 0 Å². The van der Waals surface area contributed by atoms with Gasteiger partial charge in [0.2, 0.25) is 0 Å². The van der Waals surface area contributed by atoms with Crippen LogP contribution in [0.2, 0.25) is 5.02 Å². The molecule has 0 bridgehead atoms. The molecule has 0 aliphatic heterocycles. The molecule has 0 fully saturated rings. The standard InChI is InChI=1S/C12H15ClN4O/c1-3-17-11(8(2)14)15-16-12(17)18-10-6-4-5-9(13)7-10/h4-8H,3,14H2,1-2H3/t8-/m1/s1. The van der Waals surface area contributed by atoms with E-state index in [4.69, 9.17) is 22.1 Å². The molecule has 0 spiro atoms. The van der Waals surface area contributed by atoms with Crippen molar-refractivity contribution >= 4 is 11.6 Å². The summed E-state index contributed by atoms with van der Waals surface area (Å²) < 4.78 is 7.50. The predicted octanol–water partition coefficient (Wildman–Crippen LogP) is 2.76. The van der Waals surface area contributed by atoms with Gasteiger partial charge >= 0.3 is 6.01 Å². The molecule has 2 rings (SSSR count). The van der Waals surface area contributed by atoms with Crippen LogP contribution in [0.1, 0.15) is 25.7 Å². The summed E-state index contributed by atoms with van der Waals surface area (Å²) in [5.74, 6) is 1.33. The minimum atomic E-state index is -0.186. The van der Waals surface area contributed by atoms with Gasteiger partial charge in [0, 0.05) is 11.6 Å². The Bertz CT molecular complexity index is 539. The van der Waals surface area contributed by atoms with Gasteiger partial charge < -0.3 is 10.5 Å². The lowest BCUT2D eigenvalue weighted by Crippen LogP contribution is -2.13. The Morgan fingerprint density at radius 2 is 2.22 bits per heavy atom. The highest BCUT2D eigenvalue weighted by atomic mass is 35.5. The van der Waals surface area contributed by atoms with Gasteiger partial charge in [-0.2, -0.15) is 0 Å². The maximum atomic E-state index is 5.90. The van der Waals surface area contributed by atoms with Gasteiger partial charge in [0.25, 0.3) is 0 Å². The third-order valence-corrected chi connectivity index (χ3v) is 2.71. The number of ether oxygens (including phenoxy) is 1. The van der Waals surface area contributed by atoms with Gasteiger partial charge in [0.15, 0.2) is 5.82 Å². The predicted molar refractivity (Wildman–Crippen MR) is 69.8 cm³/mol. The van der Waals surface area contributed by atoms with Crippen molar-refractivity contribution in [1.82, 2.24) is 14.8 Å². The van der Waals surface area contributed by atoms with Crippen molar-refractivity contribution in [3.63, 3.8) is 0 Å². The van der Waals surface area contributed by atoms with E-state index in [2.05, 4.69) is 10.2 Å². The van der Waals surface area contributed by atoms with Crippen molar-refractivity contribution < 1.29 is 4.74 Å². The Morgan fingerprint density at radius 1 is 1.44 bits per heavy atom. The maximum Gasteiger partial charge on any atom is 0.322 e. The molecule has 0 aliphatic carbocycles. The topological polar surface area (TPSA) is 66.0 Å². The zero-order chi connectivity index (χ0) is 13.1. The highest BCUT2D eigenvalue weighted by molar-refractivity contribution is 6.30. The van der Waals surface area contributed by atoms with Crippen molar-refractivity contribution in [3.05, 3.63) is 35.1 Å². The Morgan fingerprint density at radius 3 is 2.83 bits per heavy atom. The van der Waals surface area contributed by atoms with Crippen molar-refractivity contribution in [1.29, 1.82) is 0 Å². The molecule has 0 amide bonds. The molecule has 1 heterocycles. The van der Waals surface area contributed by atoms with Gasteiger partial charge in [-0.25, -0.2) is 0 Å². The molecule has 2 N–H and O–H groups in total. The van der Waals surface area contributed by atoms with Crippen LogP contribution in [0.4, 0.5) is 0 Å². The van der Waals surface area contributed by atoms with E-state index in [1.165, 1.54) is 0 Å². The average molecular weight is 267 g/mol. The number of benzene rings is 1. The average Bonchev–Trinajstić information content (AvgIpc) is 2.72. The van der Waals surface area contributed by atoms with Crippen molar-refractivity contribution in [2.24, 2.45) is 5.73 Å². The first-order chi connectivity index (χ1) is 8.61. The molecule has 1 aromatic carbocycles. The van der Waals surface area contributed by atoms with Crippen LogP contribution in [0.15, 0.2) is 24.3 Å². The molecule has 0 radical (unpaired) electrons. The van der Waals surface area contributed by atoms with Crippen LogP contribution in [-0.4, -0.2) is 14.8 Å². The number of nitrogens with two attached hydrogens (primary N) is 1. The lowest BCUT2D eigenvalue weighted by molar-refractivity contribution is 0.409. The lowest BCUT2D eigenvalue weighted by atomic mass is 10.3. The monoisotopic (exact) mass is 266 g/mol. The summed E-state index contributed by atoms with van der Waals surface area (Å²) >= 11 is 5.90. The van der Waals surface area contributed by atoms with Gasteiger partial charge in [0.1, 0.15) is 5.75 Å². The summed E-state index contributed by atoms with van der Waals surface area (Å²) in [4.78, 5) is 0. The maximum absolute atomic E-state index is 5.90. The Balaban J connectivity index is 2.29. The largest absolute Gasteiger partial charge is 0.424 e. The fourth-order valence-corrected chi connectivity index (χ4v) is 1.83. The molecule has 1 aromatic heterocycles. The quantitative estimate of drug-likeness (QED) is 0.924. The van der Waals surface area contributed by atoms with E-state index in [0.717, 1.165) is 0 Å². The minimum absolute atomic E-state index is 0.186. The van der Waals surface area contributed by atoms with Crippen LogP contribution in [0.5, 0.6) is 11.8 Å². The Kier molecular flexibility index (Phi) is 3.84. The third kappa shape index (κ3) is 2.63. The van der Waals surface area contributed by atoms with Gasteiger partial charge in [-0.05, 0) is 32.0 Å². The van der Waals surface area contributed by atoms with Gasteiger partial charge in [-0.3, -0.25) is 4.57 Å². The molecule has 6 heteroatoms. The van der Waals surface area contributed by atoms with E-state index >= 15 is 0 Å². The second-order valence-corrected chi connectivity index (χ2v) is 4.37. The SMILES string of the molecule is CCn1c(Oc2cccc(Cl)c2)nnc1[C@@H](C)N. The molecular weight excluding hydrogens is 252 g/mol. The lowest BCUT2D eigenvalue weighted by Gasteiger charge is -2.09. The van der Waals surface area contributed by atoms with E-state index in [0.29, 0.717) is 29.2 Å². The summed E-state index contributed by atoms with van der Waals surface area (Å²) in [6.45, 7) is 4.54. The fourth-order valence-electron chi connectivity index (χ4n) is 1.65. The number of hydrogen-bond acceptors (Lipinski definition) is 4. The van der Waals surface area contributed by atoms with Gasteiger partial charge in [0.05, 0.1) is 6.04 Å². The summed E-state index contributed by atoms with van der Waals surface area (Å²) in [5.41, 5.74) is 5.82. The van der Waals surface area contributed by atoms with Gasteiger partial charge in [-0.1, -0.05) is 22.8 Å². The highest BCUT2D eigenvalue weighted by Gasteiger charge is 2.15. The van der Waals surface area contributed by atoms with Crippen molar-refractivity contribution in [3.8, 4) is 11.8 Å². The molecule has 5 nitrogen and oxygen atoms in total. The fraction of sp³-hybridized carbons (Fsp3) is 0.333. The van der Waals surface area contributed by atoms with E-state index < -0.39 is 0 Å². The first-order valence-corrected chi connectivity index (χ1v) is 6.11. The zero-order valence-electron chi connectivity index (χ0n) is 10.3. The van der Waals surface area contributed by atoms with Crippen LogP contribution in [0.25, 0.3) is 0 Å². The summed E-state index contributed by atoms with van der Waals surface area (Å²) in [6, 6.07) is 7.37. The molecular formula is C12H15ClN4O. The van der Waals surface area contributed by atoms with Crippen LogP contribution < -0.4 is 10.5 Å². The number of halogens is 1. The number of aromatic nitrogens is 3. The molecule has 96 valence electrons. The van der Waals surface area contributed by atoms with Crippen LogP contribution in [-0.2, 0) is 6.54 Å². The molecule has 18 heavy (non-hydrogen) atoms. The number of rotatable bonds is 4. The summed E-state index contributed by atoms with van der Waals surface area (Å²) in [7, 11) is 0. The van der Waals surface area contributed by atoms with Crippen molar-refractivity contribution in [2.45, 2.75) is 26.4 Å². The Labute approximate surface area is 111 Å². The van der Waals surface area contributed by atoms with Crippen LogP contribution in [0.3, 0.4) is 0 Å². The molecule has 0 saturated carbocycles. The van der Waals surface area contributed by atoms with Crippen LogP contribution >= 0.6 is 11.6 Å². The van der Waals surface area contributed by atoms with E-state index in [1.54, 1.807) is 12.1 Å². The molecule has 2 aromatic rings. The zero-order valence-corrected chi connectivity index (χ0v) is 11.1. The van der Waals surface area contributed by atoms with E-state index in [-0.39, 0.29) is 6.04 Å². The highest BCUT2D eigenvalue weighted by Crippen LogP contribution is 2.24. The number of hydrogen-bond donors (Lipinski definition) is 1. The summed E-state index contributed by atoms with van der Waals surface area (Å²) in [6.07, 6.45) is 0. The Hall–Kier alpha value is -1.59. The molecule has 0 unspecified atom stereocenters. The van der Waals surface area contributed by atoms with Crippen molar-refractivity contribution in [2.75, 3.05) is 0 Å². The number of nitrogens with zero attached hydrogens (tertiary/aromatic N) is 3. The van der Waals surface area contributed by atoms with E-state index in [1.807, 2.05) is 30.5 Å². The molecule has 0 aliphatic rings. The third-order valence-electron chi connectivity index (χ3n) is 2.47. The first kappa shape index (κ1) is 12.9. The second kappa shape index (κ2) is 5.37. The summed E-state index contributed by atoms with van der Waals surface area (Å²) in [5, 5.41) is 8.65.